The number of carbonyl (C=O) groups is 2. The minimum atomic E-state index is -0.915. The number of aryl methyl sites for hydroxylation is 1. The van der Waals surface area contributed by atoms with Gasteiger partial charge in [-0.3, -0.25) is 9.59 Å². The lowest BCUT2D eigenvalue weighted by Gasteiger charge is -2.41. The van der Waals surface area contributed by atoms with Crippen LogP contribution in [-0.2, 0) is 25.7 Å². The number of nitrogens with one attached hydrogen (secondary N) is 1. The van der Waals surface area contributed by atoms with Crippen LogP contribution < -0.4 is 5.32 Å². The molecule has 4 atom stereocenters. The van der Waals surface area contributed by atoms with Crippen LogP contribution >= 0.6 is 23.1 Å². The van der Waals surface area contributed by atoms with E-state index in [0.717, 1.165) is 26.0 Å². The molecule has 4 unspecified atom stereocenters. The van der Waals surface area contributed by atoms with E-state index in [1.807, 2.05) is 43.3 Å². The lowest BCUT2D eigenvalue weighted by Crippen LogP contribution is -2.38. The Balaban J connectivity index is 1.47. The van der Waals surface area contributed by atoms with Gasteiger partial charge in [0.25, 0.3) is 0 Å². The van der Waals surface area contributed by atoms with Crippen molar-refractivity contribution < 1.29 is 29.3 Å². The zero-order chi connectivity index (χ0) is 27.1. The zero-order valence-corrected chi connectivity index (χ0v) is 22.8. The van der Waals surface area contributed by atoms with Crippen molar-refractivity contribution in [2.24, 2.45) is 5.92 Å². The number of ether oxygens (including phenoxy) is 2. The summed E-state index contributed by atoms with van der Waals surface area (Å²) < 4.78 is 13.8. The molecule has 38 heavy (non-hydrogen) atoms. The van der Waals surface area contributed by atoms with Crippen LogP contribution in [0.2, 0.25) is 0 Å². The van der Waals surface area contributed by atoms with Gasteiger partial charge in [-0.2, -0.15) is 0 Å². The van der Waals surface area contributed by atoms with Gasteiger partial charge in [-0.25, -0.2) is 0 Å². The van der Waals surface area contributed by atoms with Crippen molar-refractivity contribution in [2.45, 2.75) is 62.6 Å². The standard InChI is InChI=1S/C27H31N3O6S2/c1-16-22(15-37-27-30-29-17(2)38-27)35-26(36-25(16)19-8-6-18(14-31)7-9-19)20-10-12-21(13-11-20)28-23(32)4-3-5-24(33)34/h6-13,16,22,25-26,31H,3-5,14-15H2,1-2H3,(H,28,32)(H,33,34). The van der Waals surface area contributed by atoms with Gasteiger partial charge in [-0.1, -0.05) is 66.4 Å². The number of carbonyl (C=O) groups excluding carboxylic acids is 1. The van der Waals surface area contributed by atoms with Gasteiger partial charge < -0.3 is 25.0 Å². The van der Waals surface area contributed by atoms with Crippen LogP contribution in [0.5, 0.6) is 0 Å². The molecule has 3 aromatic rings. The van der Waals surface area contributed by atoms with Crippen LogP contribution in [0.15, 0.2) is 52.9 Å². The maximum Gasteiger partial charge on any atom is 0.303 e. The largest absolute Gasteiger partial charge is 0.481 e. The number of carboxylic acid groups (broad SMARTS) is 1. The number of anilines is 1. The molecule has 4 rings (SSSR count). The Bertz CT molecular complexity index is 1220. The number of thioether (sulfide) groups is 1. The molecule has 202 valence electrons. The number of amides is 1. The molecule has 2 heterocycles. The summed E-state index contributed by atoms with van der Waals surface area (Å²) in [7, 11) is 0. The van der Waals surface area contributed by atoms with Crippen molar-refractivity contribution >= 4 is 40.7 Å². The molecule has 2 aromatic carbocycles. The second-order valence-corrected chi connectivity index (χ2v) is 11.6. The average molecular weight is 558 g/mol. The van der Waals surface area contributed by atoms with Crippen molar-refractivity contribution in [3.63, 3.8) is 0 Å². The van der Waals surface area contributed by atoms with Crippen LogP contribution in [0.25, 0.3) is 0 Å². The van der Waals surface area contributed by atoms with Gasteiger partial charge in [0.1, 0.15) is 5.01 Å². The zero-order valence-electron chi connectivity index (χ0n) is 21.2. The third-order valence-corrected chi connectivity index (χ3v) is 8.32. The molecule has 1 aromatic heterocycles. The Morgan fingerprint density at radius 3 is 2.37 bits per heavy atom. The summed E-state index contributed by atoms with van der Waals surface area (Å²) in [4.78, 5) is 22.8. The molecule has 1 aliphatic heterocycles. The van der Waals surface area contributed by atoms with E-state index in [9.17, 15) is 14.7 Å². The lowest BCUT2D eigenvalue weighted by atomic mass is 9.91. The SMILES string of the molecule is Cc1nnc(SCC2OC(c3ccc(NC(=O)CCCC(=O)O)cc3)OC(c3ccc(CO)cc3)C2C)s1. The Hall–Kier alpha value is -2.83. The van der Waals surface area contributed by atoms with Crippen molar-refractivity contribution in [3.8, 4) is 0 Å². The number of carboxylic acids is 1. The minimum Gasteiger partial charge on any atom is -0.481 e. The summed E-state index contributed by atoms with van der Waals surface area (Å²) in [6.45, 7) is 4.02. The molecule has 9 nitrogen and oxygen atoms in total. The van der Waals surface area contributed by atoms with Crippen LogP contribution in [0, 0.1) is 12.8 Å². The van der Waals surface area contributed by atoms with Gasteiger partial charge >= 0.3 is 5.97 Å². The molecule has 11 heteroatoms. The van der Waals surface area contributed by atoms with E-state index in [-0.39, 0.29) is 49.9 Å². The van der Waals surface area contributed by atoms with Gasteiger partial charge in [-0.05, 0) is 36.6 Å². The predicted molar refractivity (Wildman–Crippen MR) is 145 cm³/mol. The quantitative estimate of drug-likeness (QED) is 0.275. The van der Waals surface area contributed by atoms with Crippen LogP contribution in [0.4, 0.5) is 5.69 Å². The molecule has 1 fully saturated rings. The van der Waals surface area contributed by atoms with Crippen molar-refractivity contribution in [1.82, 2.24) is 10.2 Å². The van der Waals surface area contributed by atoms with Gasteiger partial charge in [-0.15, -0.1) is 10.2 Å². The first kappa shape index (κ1) is 28.2. The Kier molecular flexibility index (Phi) is 9.86. The first-order valence-electron chi connectivity index (χ1n) is 12.4. The molecule has 0 spiro atoms. The highest BCUT2D eigenvalue weighted by Crippen LogP contribution is 2.43. The molecule has 0 radical (unpaired) electrons. The first-order chi connectivity index (χ1) is 18.3. The van der Waals surface area contributed by atoms with E-state index in [2.05, 4.69) is 22.4 Å². The summed E-state index contributed by atoms with van der Waals surface area (Å²) >= 11 is 3.17. The topological polar surface area (TPSA) is 131 Å². The number of rotatable bonds is 11. The number of hydrogen-bond acceptors (Lipinski definition) is 9. The number of aliphatic carboxylic acids is 1. The molecule has 0 saturated carbocycles. The van der Waals surface area contributed by atoms with Gasteiger partial charge in [0.15, 0.2) is 10.6 Å². The minimum absolute atomic E-state index is 0.0178. The van der Waals surface area contributed by atoms with Crippen molar-refractivity contribution in [3.05, 3.63) is 70.2 Å². The Labute approximate surface area is 229 Å². The van der Waals surface area contributed by atoms with Gasteiger partial charge in [0.2, 0.25) is 5.91 Å². The number of hydrogen-bond donors (Lipinski definition) is 3. The smallest absolute Gasteiger partial charge is 0.303 e. The van der Waals surface area contributed by atoms with E-state index in [0.29, 0.717) is 11.4 Å². The van der Waals surface area contributed by atoms with E-state index in [1.54, 1.807) is 35.2 Å². The summed E-state index contributed by atoms with van der Waals surface area (Å²) in [5.41, 5.74) is 3.28. The molecular weight excluding hydrogens is 526 g/mol. The summed E-state index contributed by atoms with van der Waals surface area (Å²) in [5, 5.41) is 30.2. The highest BCUT2D eigenvalue weighted by Gasteiger charge is 2.38. The first-order valence-corrected chi connectivity index (χ1v) is 14.2. The van der Waals surface area contributed by atoms with Gasteiger partial charge in [0.05, 0.1) is 18.8 Å². The highest BCUT2D eigenvalue weighted by molar-refractivity contribution is 8.01. The normalized spacial score (nSPS) is 21.2. The van der Waals surface area contributed by atoms with Crippen LogP contribution in [0.1, 0.15) is 60.3 Å². The van der Waals surface area contributed by atoms with Gasteiger partial charge in [0, 0.05) is 35.8 Å². The number of nitrogens with zero attached hydrogens (tertiary/aromatic N) is 2. The van der Waals surface area contributed by atoms with E-state index < -0.39 is 12.3 Å². The maximum absolute atomic E-state index is 12.1. The van der Waals surface area contributed by atoms with Crippen LogP contribution in [0.3, 0.4) is 0 Å². The number of aliphatic hydroxyl groups is 1. The second-order valence-electron chi connectivity index (χ2n) is 9.14. The molecule has 1 saturated heterocycles. The molecule has 1 aliphatic rings. The third-order valence-electron chi connectivity index (χ3n) is 6.26. The van der Waals surface area contributed by atoms with E-state index in [4.69, 9.17) is 14.6 Å². The lowest BCUT2D eigenvalue weighted by molar-refractivity contribution is -0.268. The predicted octanol–water partition coefficient (Wildman–Crippen LogP) is 5.12. The van der Waals surface area contributed by atoms with E-state index >= 15 is 0 Å². The van der Waals surface area contributed by atoms with Crippen molar-refractivity contribution in [1.29, 1.82) is 0 Å². The maximum atomic E-state index is 12.1. The average Bonchev–Trinajstić information content (AvgIpc) is 3.33. The second kappa shape index (κ2) is 13.3. The number of benzene rings is 2. The Morgan fingerprint density at radius 1 is 1.03 bits per heavy atom. The molecular formula is C27H31N3O6S2. The molecule has 0 aliphatic carbocycles. The number of aliphatic hydroxyl groups excluding tert-OH is 1. The monoisotopic (exact) mass is 557 g/mol. The number of aromatic nitrogens is 2. The fraction of sp³-hybridized carbons (Fsp3) is 0.407. The molecule has 1 amide bonds. The summed E-state index contributed by atoms with van der Waals surface area (Å²) in [5.74, 6) is -0.405. The molecule has 0 bridgehead atoms. The van der Waals surface area contributed by atoms with Crippen LogP contribution in [-0.4, -0.2) is 44.1 Å². The molecule has 3 N–H and O–H groups in total. The van der Waals surface area contributed by atoms with E-state index in [1.165, 1.54) is 0 Å². The highest BCUT2D eigenvalue weighted by atomic mass is 32.2. The fourth-order valence-electron chi connectivity index (χ4n) is 4.15. The summed E-state index contributed by atoms with van der Waals surface area (Å²) in [6, 6.07) is 15.1. The Morgan fingerprint density at radius 2 is 1.74 bits per heavy atom. The summed E-state index contributed by atoms with van der Waals surface area (Å²) in [6.07, 6.45) is -0.571. The fourth-order valence-corrected chi connectivity index (χ4v) is 6.15. The van der Waals surface area contributed by atoms with Crippen molar-refractivity contribution in [2.75, 3.05) is 11.1 Å². The third kappa shape index (κ3) is 7.61.